The molecule has 2 amide bonds. The zero-order valence-corrected chi connectivity index (χ0v) is 14.1. The minimum Gasteiger partial charge on any atom is -0.395 e. The van der Waals surface area contributed by atoms with Gasteiger partial charge in [0.1, 0.15) is 0 Å². The number of amides is 2. The molecular formula is C14H28N2O4S. The van der Waals surface area contributed by atoms with Crippen LogP contribution in [-0.2, 0) is 9.84 Å². The van der Waals surface area contributed by atoms with Gasteiger partial charge >= 0.3 is 6.03 Å². The van der Waals surface area contributed by atoms with Crippen LogP contribution in [0.5, 0.6) is 0 Å². The van der Waals surface area contributed by atoms with Crippen LogP contribution in [0.2, 0.25) is 0 Å². The van der Waals surface area contributed by atoms with Crippen molar-refractivity contribution in [2.24, 2.45) is 11.3 Å². The van der Waals surface area contributed by atoms with E-state index in [1.54, 1.807) is 0 Å². The van der Waals surface area contributed by atoms with Crippen molar-refractivity contribution in [3.63, 3.8) is 0 Å². The van der Waals surface area contributed by atoms with Crippen LogP contribution in [0.4, 0.5) is 4.79 Å². The second-order valence-electron chi connectivity index (χ2n) is 7.00. The average Bonchev–Trinajstić information content (AvgIpc) is 3.09. The third kappa shape index (κ3) is 8.26. The molecule has 7 heteroatoms. The summed E-state index contributed by atoms with van der Waals surface area (Å²) in [6.45, 7) is 6.79. The van der Waals surface area contributed by atoms with Crippen LogP contribution in [0.15, 0.2) is 0 Å². The maximum Gasteiger partial charge on any atom is 0.317 e. The lowest BCUT2D eigenvalue weighted by Gasteiger charge is -2.29. The van der Waals surface area contributed by atoms with Gasteiger partial charge < -0.3 is 15.3 Å². The van der Waals surface area contributed by atoms with Gasteiger partial charge in [-0.25, -0.2) is 13.2 Å². The minimum absolute atomic E-state index is 0.0161. The van der Waals surface area contributed by atoms with Gasteiger partial charge in [0.05, 0.1) is 18.1 Å². The first kappa shape index (κ1) is 18.2. The van der Waals surface area contributed by atoms with Crippen LogP contribution in [0.1, 0.15) is 33.6 Å². The van der Waals surface area contributed by atoms with Crippen molar-refractivity contribution in [3.05, 3.63) is 0 Å². The molecule has 0 bridgehead atoms. The predicted octanol–water partition coefficient (Wildman–Crippen LogP) is 0.861. The second-order valence-corrected chi connectivity index (χ2v) is 9.22. The van der Waals surface area contributed by atoms with Gasteiger partial charge in [-0.05, 0) is 24.2 Å². The molecule has 2 N–H and O–H groups in total. The third-order valence-electron chi connectivity index (χ3n) is 3.20. The molecular weight excluding hydrogens is 292 g/mol. The number of carbonyl (C=O) groups excluding carboxylic acids is 1. The molecule has 1 aliphatic carbocycles. The second kappa shape index (κ2) is 7.45. The Labute approximate surface area is 127 Å². The number of carbonyl (C=O) groups is 1. The van der Waals surface area contributed by atoms with Gasteiger partial charge in [0.2, 0.25) is 0 Å². The highest BCUT2D eigenvalue weighted by Gasteiger charge is 2.28. The number of nitrogens with one attached hydrogen (secondary N) is 1. The summed E-state index contributed by atoms with van der Waals surface area (Å²) in [7, 11) is -3.07. The molecule has 0 aromatic carbocycles. The van der Waals surface area contributed by atoms with Crippen LogP contribution in [-0.4, -0.2) is 62.2 Å². The number of sulfone groups is 1. The predicted molar refractivity (Wildman–Crippen MR) is 82.9 cm³/mol. The summed E-state index contributed by atoms with van der Waals surface area (Å²) in [6.07, 6.45) is 2.00. The van der Waals surface area contributed by atoms with Crippen molar-refractivity contribution >= 4 is 15.9 Å². The van der Waals surface area contributed by atoms with E-state index in [-0.39, 0.29) is 42.6 Å². The van der Waals surface area contributed by atoms with Gasteiger partial charge in [-0.2, -0.15) is 0 Å². The molecule has 0 spiro atoms. The van der Waals surface area contributed by atoms with E-state index in [0.717, 1.165) is 12.8 Å². The lowest BCUT2D eigenvalue weighted by Crippen LogP contribution is -2.46. The number of hydrogen-bond acceptors (Lipinski definition) is 4. The van der Waals surface area contributed by atoms with Gasteiger partial charge in [0.25, 0.3) is 0 Å². The van der Waals surface area contributed by atoms with Crippen molar-refractivity contribution < 1.29 is 18.3 Å². The lowest BCUT2D eigenvalue weighted by atomic mass is 9.96. The van der Waals surface area contributed by atoms with Gasteiger partial charge in [-0.3, -0.25) is 0 Å². The largest absolute Gasteiger partial charge is 0.395 e. The molecule has 0 radical (unpaired) electrons. The Morgan fingerprint density at radius 1 is 1.33 bits per heavy atom. The Bertz CT molecular complexity index is 438. The maximum absolute atomic E-state index is 12.0. The molecule has 1 rings (SSSR count). The van der Waals surface area contributed by atoms with Crippen LogP contribution >= 0.6 is 0 Å². The van der Waals surface area contributed by atoms with Crippen molar-refractivity contribution in [2.75, 3.05) is 37.7 Å². The van der Waals surface area contributed by atoms with E-state index in [1.165, 1.54) is 4.90 Å². The van der Waals surface area contributed by atoms with Crippen molar-refractivity contribution in [3.8, 4) is 0 Å². The summed E-state index contributed by atoms with van der Waals surface area (Å²) >= 11 is 0. The maximum atomic E-state index is 12.0. The highest BCUT2D eigenvalue weighted by molar-refractivity contribution is 7.91. The molecule has 1 aliphatic rings. The number of aliphatic hydroxyl groups is 1. The Morgan fingerprint density at radius 3 is 2.43 bits per heavy atom. The summed E-state index contributed by atoms with van der Waals surface area (Å²) in [5.74, 6) is 0.556. The number of rotatable bonds is 8. The highest BCUT2D eigenvalue weighted by atomic mass is 32.2. The van der Waals surface area contributed by atoms with Gasteiger partial charge in [0, 0.05) is 19.6 Å². The van der Waals surface area contributed by atoms with Crippen molar-refractivity contribution in [1.82, 2.24) is 10.2 Å². The molecule has 0 heterocycles. The molecule has 0 atom stereocenters. The average molecular weight is 320 g/mol. The minimum atomic E-state index is -3.07. The normalized spacial score (nSPS) is 15.8. The molecule has 0 aromatic heterocycles. The Morgan fingerprint density at radius 2 is 1.95 bits per heavy atom. The van der Waals surface area contributed by atoms with E-state index < -0.39 is 9.84 Å². The van der Waals surface area contributed by atoms with E-state index in [0.29, 0.717) is 12.5 Å². The molecule has 0 unspecified atom stereocenters. The van der Waals surface area contributed by atoms with Gasteiger partial charge in [-0.1, -0.05) is 20.8 Å². The van der Waals surface area contributed by atoms with E-state index in [2.05, 4.69) is 5.32 Å². The monoisotopic (exact) mass is 320 g/mol. The first-order valence-electron chi connectivity index (χ1n) is 7.47. The standard InChI is InChI=1S/C14H28N2O4S/c1-14(2,3)11-16(7-8-17)13(18)15-6-9-21(19,20)10-12-4-5-12/h12,17H,4-11H2,1-3H3,(H,15,18). The van der Waals surface area contributed by atoms with E-state index >= 15 is 0 Å². The summed E-state index contributed by atoms with van der Waals surface area (Å²) in [4.78, 5) is 13.6. The number of hydrogen-bond donors (Lipinski definition) is 2. The van der Waals surface area contributed by atoms with Gasteiger partial charge in [0.15, 0.2) is 9.84 Å². The van der Waals surface area contributed by atoms with Gasteiger partial charge in [-0.15, -0.1) is 0 Å². The van der Waals surface area contributed by atoms with E-state index in [9.17, 15) is 13.2 Å². The zero-order chi connectivity index (χ0) is 16.1. The fraction of sp³-hybridized carbons (Fsp3) is 0.929. The number of urea groups is 1. The Balaban J connectivity index is 2.38. The fourth-order valence-electron chi connectivity index (χ4n) is 2.10. The third-order valence-corrected chi connectivity index (χ3v) is 5.00. The summed E-state index contributed by atoms with van der Waals surface area (Å²) in [5.41, 5.74) is -0.0788. The molecule has 6 nitrogen and oxygen atoms in total. The topological polar surface area (TPSA) is 86.7 Å². The molecule has 21 heavy (non-hydrogen) atoms. The molecule has 0 aromatic rings. The molecule has 1 saturated carbocycles. The van der Waals surface area contributed by atoms with Crippen LogP contribution in [0.25, 0.3) is 0 Å². The Kier molecular flexibility index (Phi) is 6.46. The first-order chi connectivity index (χ1) is 9.63. The molecule has 0 saturated heterocycles. The highest BCUT2D eigenvalue weighted by Crippen LogP contribution is 2.30. The fourth-order valence-corrected chi connectivity index (χ4v) is 3.73. The van der Waals surface area contributed by atoms with E-state index in [1.807, 2.05) is 20.8 Å². The quantitative estimate of drug-likeness (QED) is 0.694. The molecule has 124 valence electrons. The SMILES string of the molecule is CC(C)(C)CN(CCO)C(=O)NCCS(=O)(=O)CC1CC1. The smallest absolute Gasteiger partial charge is 0.317 e. The summed E-state index contributed by atoms with van der Waals surface area (Å²) in [6, 6.07) is -0.319. The van der Waals surface area contributed by atoms with Crippen LogP contribution in [0, 0.1) is 11.3 Å². The summed E-state index contributed by atoms with van der Waals surface area (Å²) in [5, 5.41) is 11.7. The van der Waals surface area contributed by atoms with Crippen LogP contribution in [0.3, 0.4) is 0 Å². The Hall–Kier alpha value is -0.820. The number of aliphatic hydroxyl groups excluding tert-OH is 1. The lowest BCUT2D eigenvalue weighted by molar-refractivity contribution is 0.153. The summed E-state index contributed by atoms with van der Waals surface area (Å²) < 4.78 is 23.6. The molecule has 1 fully saturated rings. The first-order valence-corrected chi connectivity index (χ1v) is 9.29. The number of nitrogens with zero attached hydrogens (tertiary/aromatic N) is 1. The van der Waals surface area contributed by atoms with Crippen molar-refractivity contribution in [1.29, 1.82) is 0 Å². The molecule has 0 aliphatic heterocycles. The zero-order valence-electron chi connectivity index (χ0n) is 13.3. The van der Waals surface area contributed by atoms with Crippen LogP contribution < -0.4 is 5.32 Å². The van der Waals surface area contributed by atoms with E-state index in [4.69, 9.17) is 5.11 Å². The van der Waals surface area contributed by atoms with Crippen molar-refractivity contribution in [2.45, 2.75) is 33.6 Å².